The van der Waals surface area contributed by atoms with Gasteiger partial charge in [-0.3, -0.25) is 0 Å². The summed E-state index contributed by atoms with van der Waals surface area (Å²) in [6.45, 7) is 5.63. The van der Waals surface area contributed by atoms with E-state index in [1.807, 2.05) is 4.90 Å². The Hall–Kier alpha value is -0.770. The Balaban J connectivity index is 2.36. The van der Waals surface area contributed by atoms with Crippen molar-refractivity contribution in [3.05, 3.63) is 0 Å². The fourth-order valence-corrected chi connectivity index (χ4v) is 1.72. The highest BCUT2D eigenvalue weighted by molar-refractivity contribution is 5.74. The quantitative estimate of drug-likeness (QED) is 0.693. The van der Waals surface area contributed by atoms with Crippen molar-refractivity contribution in [1.82, 2.24) is 10.2 Å². The number of amides is 2. The van der Waals surface area contributed by atoms with Gasteiger partial charge < -0.3 is 15.3 Å². The number of hydrogen-bond acceptors (Lipinski definition) is 2. The molecule has 0 radical (unpaired) electrons. The van der Waals surface area contributed by atoms with Gasteiger partial charge in [-0.2, -0.15) is 0 Å². The van der Waals surface area contributed by atoms with Gasteiger partial charge in [0.1, 0.15) is 0 Å². The monoisotopic (exact) mass is 200 g/mol. The molecule has 0 aliphatic carbocycles. The minimum Gasteiger partial charge on any atom is -0.394 e. The van der Waals surface area contributed by atoms with Gasteiger partial charge in [-0.05, 0) is 25.7 Å². The van der Waals surface area contributed by atoms with Gasteiger partial charge in [-0.15, -0.1) is 0 Å². The highest BCUT2D eigenvalue weighted by Crippen LogP contribution is 2.15. The minimum atomic E-state index is -0.153. The van der Waals surface area contributed by atoms with Gasteiger partial charge >= 0.3 is 6.03 Å². The third kappa shape index (κ3) is 3.18. The average Bonchev–Trinajstić information content (AvgIpc) is 2.17. The lowest BCUT2D eigenvalue weighted by molar-refractivity contribution is 0.160. The van der Waals surface area contributed by atoms with Crippen LogP contribution in [0.1, 0.15) is 26.7 Å². The van der Waals surface area contributed by atoms with Gasteiger partial charge in [0.15, 0.2) is 0 Å². The number of likely N-dealkylation sites (tertiary alicyclic amines) is 1. The van der Waals surface area contributed by atoms with E-state index in [1.54, 1.807) is 6.92 Å². The van der Waals surface area contributed by atoms with Crippen molar-refractivity contribution >= 4 is 6.03 Å². The summed E-state index contributed by atoms with van der Waals surface area (Å²) in [7, 11) is 0. The summed E-state index contributed by atoms with van der Waals surface area (Å²) in [5.74, 6) is 0.596. The zero-order chi connectivity index (χ0) is 10.6. The lowest BCUT2D eigenvalue weighted by atomic mass is 10.0. The van der Waals surface area contributed by atoms with E-state index in [4.69, 9.17) is 5.11 Å². The van der Waals surface area contributed by atoms with Crippen LogP contribution in [0.4, 0.5) is 4.79 Å². The van der Waals surface area contributed by atoms with Gasteiger partial charge in [-0.25, -0.2) is 4.79 Å². The molecule has 0 spiro atoms. The van der Waals surface area contributed by atoms with Crippen molar-refractivity contribution in [2.75, 3.05) is 19.7 Å². The molecule has 1 aliphatic rings. The van der Waals surface area contributed by atoms with Crippen molar-refractivity contribution in [2.24, 2.45) is 5.92 Å². The summed E-state index contributed by atoms with van der Waals surface area (Å²) in [6.07, 6.45) is 2.29. The molecule has 82 valence electrons. The Morgan fingerprint density at radius 1 is 1.71 bits per heavy atom. The van der Waals surface area contributed by atoms with Crippen LogP contribution in [-0.2, 0) is 0 Å². The summed E-state index contributed by atoms with van der Waals surface area (Å²) < 4.78 is 0. The molecular formula is C10H20N2O2. The summed E-state index contributed by atoms with van der Waals surface area (Å²) >= 11 is 0. The van der Waals surface area contributed by atoms with Crippen LogP contribution in [-0.4, -0.2) is 41.8 Å². The molecule has 14 heavy (non-hydrogen) atoms. The molecule has 2 amide bonds. The zero-order valence-electron chi connectivity index (χ0n) is 8.99. The van der Waals surface area contributed by atoms with Crippen LogP contribution >= 0.6 is 0 Å². The summed E-state index contributed by atoms with van der Waals surface area (Å²) in [5.41, 5.74) is 0. The number of hydrogen-bond donors (Lipinski definition) is 2. The Morgan fingerprint density at radius 2 is 2.43 bits per heavy atom. The number of nitrogens with one attached hydrogen (secondary N) is 1. The minimum absolute atomic E-state index is 0.00483. The number of urea groups is 1. The predicted octanol–water partition coefficient (Wildman–Crippen LogP) is 0.809. The van der Waals surface area contributed by atoms with Crippen LogP contribution in [0.3, 0.4) is 0 Å². The summed E-state index contributed by atoms with van der Waals surface area (Å²) in [4.78, 5) is 13.5. The molecule has 2 atom stereocenters. The van der Waals surface area contributed by atoms with E-state index in [0.29, 0.717) is 5.92 Å². The molecule has 4 heteroatoms. The zero-order valence-corrected chi connectivity index (χ0v) is 8.99. The third-order valence-electron chi connectivity index (χ3n) is 2.59. The Kier molecular flexibility index (Phi) is 4.20. The maximum absolute atomic E-state index is 11.6. The first-order chi connectivity index (χ1) is 6.63. The first kappa shape index (κ1) is 11.3. The smallest absolute Gasteiger partial charge is 0.317 e. The van der Waals surface area contributed by atoms with E-state index in [1.165, 1.54) is 6.42 Å². The van der Waals surface area contributed by atoms with E-state index in [-0.39, 0.29) is 18.7 Å². The van der Waals surface area contributed by atoms with Crippen LogP contribution in [0.2, 0.25) is 0 Å². The largest absolute Gasteiger partial charge is 0.394 e. The SMILES string of the molecule is CC1CCCN(C(=O)N[C@@H](C)CO)C1. The molecule has 1 fully saturated rings. The molecule has 0 saturated carbocycles. The van der Waals surface area contributed by atoms with Crippen LogP contribution in [0, 0.1) is 5.92 Å². The molecule has 0 bridgehead atoms. The number of carbonyl (C=O) groups excluding carboxylic acids is 1. The summed E-state index contributed by atoms with van der Waals surface area (Å²) in [6, 6.07) is -0.196. The van der Waals surface area contributed by atoms with Crippen molar-refractivity contribution in [2.45, 2.75) is 32.7 Å². The van der Waals surface area contributed by atoms with Crippen LogP contribution in [0.5, 0.6) is 0 Å². The average molecular weight is 200 g/mol. The van der Waals surface area contributed by atoms with Crippen LogP contribution in [0.15, 0.2) is 0 Å². The van der Waals surface area contributed by atoms with Gasteiger partial charge in [0.2, 0.25) is 0 Å². The Bertz CT molecular complexity index is 197. The number of aliphatic hydroxyl groups excluding tert-OH is 1. The van der Waals surface area contributed by atoms with Crippen molar-refractivity contribution in [3.63, 3.8) is 0 Å². The number of carbonyl (C=O) groups is 1. The molecule has 1 aliphatic heterocycles. The first-order valence-electron chi connectivity index (χ1n) is 5.29. The predicted molar refractivity (Wildman–Crippen MR) is 55.1 cm³/mol. The fraction of sp³-hybridized carbons (Fsp3) is 0.900. The molecule has 2 N–H and O–H groups in total. The van der Waals surface area contributed by atoms with Crippen molar-refractivity contribution in [3.8, 4) is 0 Å². The summed E-state index contributed by atoms with van der Waals surface area (Å²) in [5, 5.41) is 11.6. The van der Waals surface area contributed by atoms with E-state index in [0.717, 1.165) is 19.5 Å². The number of piperidine rings is 1. The standard InChI is InChI=1S/C10H20N2O2/c1-8-4-3-5-12(6-8)10(14)11-9(2)7-13/h8-9,13H,3-7H2,1-2H3,(H,11,14)/t8?,9-/m0/s1. The number of nitrogens with zero attached hydrogens (tertiary/aromatic N) is 1. The molecule has 0 aromatic rings. The first-order valence-corrected chi connectivity index (χ1v) is 5.29. The molecule has 1 heterocycles. The van der Waals surface area contributed by atoms with Crippen LogP contribution in [0.25, 0.3) is 0 Å². The Labute approximate surface area is 85.3 Å². The van der Waals surface area contributed by atoms with Gasteiger partial charge in [0, 0.05) is 13.1 Å². The second-order valence-corrected chi connectivity index (χ2v) is 4.23. The maximum atomic E-state index is 11.6. The maximum Gasteiger partial charge on any atom is 0.317 e. The van der Waals surface area contributed by atoms with Gasteiger partial charge in [0.25, 0.3) is 0 Å². The highest BCUT2D eigenvalue weighted by Gasteiger charge is 2.21. The lowest BCUT2D eigenvalue weighted by Gasteiger charge is -2.31. The molecule has 0 aromatic heterocycles. The van der Waals surface area contributed by atoms with E-state index in [2.05, 4.69) is 12.2 Å². The second-order valence-electron chi connectivity index (χ2n) is 4.23. The number of aliphatic hydroxyl groups is 1. The third-order valence-corrected chi connectivity index (χ3v) is 2.59. The molecule has 1 saturated heterocycles. The number of rotatable bonds is 2. The molecule has 1 rings (SSSR count). The molecular weight excluding hydrogens is 180 g/mol. The Morgan fingerprint density at radius 3 is 3.00 bits per heavy atom. The van der Waals surface area contributed by atoms with E-state index < -0.39 is 0 Å². The molecule has 0 aromatic carbocycles. The van der Waals surface area contributed by atoms with Crippen molar-refractivity contribution in [1.29, 1.82) is 0 Å². The van der Waals surface area contributed by atoms with E-state index >= 15 is 0 Å². The second kappa shape index (κ2) is 5.20. The van der Waals surface area contributed by atoms with Gasteiger partial charge in [0.05, 0.1) is 12.6 Å². The molecule has 1 unspecified atom stereocenters. The molecule has 4 nitrogen and oxygen atoms in total. The normalized spacial score (nSPS) is 24.5. The van der Waals surface area contributed by atoms with Crippen LogP contribution < -0.4 is 5.32 Å². The van der Waals surface area contributed by atoms with Gasteiger partial charge in [-0.1, -0.05) is 6.92 Å². The van der Waals surface area contributed by atoms with Crippen molar-refractivity contribution < 1.29 is 9.90 Å². The highest BCUT2D eigenvalue weighted by atomic mass is 16.3. The topological polar surface area (TPSA) is 52.6 Å². The fourth-order valence-electron chi connectivity index (χ4n) is 1.72. The van der Waals surface area contributed by atoms with E-state index in [9.17, 15) is 4.79 Å². The lowest BCUT2D eigenvalue weighted by Crippen LogP contribution is -2.48.